The van der Waals surface area contributed by atoms with Gasteiger partial charge in [0.15, 0.2) is 0 Å². The van der Waals surface area contributed by atoms with E-state index in [0.29, 0.717) is 18.5 Å². The first-order valence-corrected chi connectivity index (χ1v) is 9.14. The first-order chi connectivity index (χ1) is 11.7. The molecule has 0 spiro atoms. The van der Waals surface area contributed by atoms with E-state index < -0.39 is 0 Å². The average Bonchev–Trinajstić information content (AvgIpc) is 3.19. The number of hydrogen-bond acceptors (Lipinski definition) is 3. The number of aryl methyl sites for hydroxylation is 1. The number of urea groups is 1. The molecule has 4 rings (SSSR count). The van der Waals surface area contributed by atoms with Gasteiger partial charge < -0.3 is 5.32 Å². The number of nitrogens with one attached hydrogen (secondary N) is 1. The quantitative estimate of drug-likeness (QED) is 0.862. The van der Waals surface area contributed by atoms with Gasteiger partial charge in [-0.25, -0.2) is 4.79 Å². The number of nitrogens with zero attached hydrogens (tertiary/aromatic N) is 2. The molecule has 3 aliphatic rings. The van der Waals surface area contributed by atoms with Crippen molar-refractivity contribution in [2.75, 3.05) is 26.2 Å². The molecule has 3 amide bonds. The Bertz CT molecular complexity index is 629. The fraction of sp³-hybridized carbons (Fsp3) is 0.579. The maximum atomic E-state index is 11.8. The first kappa shape index (κ1) is 15.6. The van der Waals surface area contributed by atoms with Gasteiger partial charge in [0.05, 0.1) is 6.54 Å². The lowest BCUT2D eigenvalue weighted by Gasteiger charge is -2.36. The van der Waals surface area contributed by atoms with Gasteiger partial charge in [-0.2, -0.15) is 0 Å². The minimum absolute atomic E-state index is 0.0984. The molecule has 1 aromatic carbocycles. The molecule has 2 fully saturated rings. The Kier molecular flexibility index (Phi) is 4.27. The van der Waals surface area contributed by atoms with E-state index in [9.17, 15) is 9.59 Å². The fourth-order valence-corrected chi connectivity index (χ4v) is 4.69. The van der Waals surface area contributed by atoms with Crippen molar-refractivity contribution in [2.24, 2.45) is 0 Å². The van der Waals surface area contributed by atoms with Crippen LogP contribution in [0.15, 0.2) is 24.3 Å². The molecule has 128 valence electrons. The van der Waals surface area contributed by atoms with Crippen molar-refractivity contribution in [3.8, 4) is 0 Å². The molecule has 1 N–H and O–H groups in total. The van der Waals surface area contributed by atoms with Crippen LogP contribution in [-0.4, -0.2) is 54.0 Å². The van der Waals surface area contributed by atoms with Gasteiger partial charge in [-0.15, -0.1) is 0 Å². The zero-order valence-corrected chi connectivity index (χ0v) is 14.0. The van der Waals surface area contributed by atoms with Gasteiger partial charge >= 0.3 is 6.03 Å². The number of fused-ring (bicyclic) bond motifs is 1. The van der Waals surface area contributed by atoms with E-state index in [1.165, 1.54) is 48.1 Å². The lowest BCUT2D eigenvalue weighted by atomic mass is 9.78. The molecular formula is C19H25N3O2. The van der Waals surface area contributed by atoms with Gasteiger partial charge in [0.1, 0.15) is 0 Å². The summed E-state index contributed by atoms with van der Waals surface area (Å²) in [5.74, 6) is 0.499. The Hall–Kier alpha value is -1.88. The number of rotatable bonds is 4. The summed E-state index contributed by atoms with van der Waals surface area (Å²) >= 11 is 0. The summed E-state index contributed by atoms with van der Waals surface area (Å²) in [5, 5.41) is 2.60. The molecule has 0 saturated carbocycles. The predicted molar refractivity (Wildman–Crippen MR) is 91.8 cm³/mol. The summed E-state index contributed by atoms with van der Waals surface area (Å²) in [6, 6.07) is 9.18. The van der Waals surface area contributed by atoms with Gasteiger partial charge in [-0.05, 0) is 55.7 Å². The fourth-order valence-electron chi connectivity index (χ4n) is 4.69. The summed E-state index contributed by atoms with van der Waals surface area (Å²) in [6.45, 7) is 2.53. The van der Waals surface area contributed by atoms with E-state index >= 15 is 0 Å². The molecule has 1 aromatic rings. The minimum atomic E-state index is -0.237. The number of benzene rings is 1. The lowest BCUT2D eigenvalue weighted by Crippen LogP contribution is -2.42. The summed E-state index contributed by atoms with van der Waals surface area (Å²) in [5.41, 5.74) is 3.03. The molecule has 5 heteroatoms. The highest BCUT2D eigenvalue weighted by Gasteiger charge is 2.36. The van der Waals surface area contributed by atoms with Gasteiger partial charge in [0, 0.05) is 19.1 Å². The van der Waals surface area contributed by atoms with Crippen LogP contribution in [0.5, 0.6) is 0 Å². The minimum Gasteiger partial charge on any atom is -0.329 e. The third-order valence-corrected chi connectivity index (χ3v) is 5.84. The van der Waals surface area contributed by atoms with Crippen LogP contribution in [0.3, 0.4) is 0 Å². The van der Waals surface area contributed by atoms with Crippen LogP contribution in [0.2, 0.25) is 0 Å². The molecule has 24 heavy (non-hydrogen) atoms. The Morgan fingerprint density at radius 1 is 1.08 bits per heavy atom. The van der Waals surface area contributed by atoms with Crippen LogP contribution in [0.4, 0.5) is 4.79 Å². The number of likely N-dealkylation sites (tertiary alicyclic amines) is 1. The molecule has 1 aliphatic carbocycles. The average molecular weight is 327 g/mol. The molecule has 0 radical (unpaired) electrons. The van der Waals surface area contributed by atoms with Crippen molar-refractivity contribution in [1.82, 2.24) is 15.1 Å². The lowest BCUT2D eigenvalue weighted by molar-refractivity contribution is -0.125. The van der Waals surface area contributed by atoms with Gasteiger partial charge in [0.25, 0.3) is 0 Å². The van der Waals surface area contributed by atoms with E-state index in [-0.39, 0.29) is 18.5 Å². The maximum Gasteiger partial charge on any atom is 0.324 e. The van der Waals surface area contributed by atoms with Crippen molar-refractivity contribution >= 4 is 11.9 Å². The highest BCUT2D eigenvalue weighted by Crippen LogP contribution is 2.39. The van der Waals surface area contributed by atoms with Crippen LogP contribution in [-0.2, 0) is 11.2 Å². The standard InChI is InChI=1S/C19H25N3O2/c23-18-13-20-19(24)22(18)12-11-21-10-4-9-17(21)16-8-3-6-14-5-1-2-7-15(14)16/h1-2,5,7,16-17H,3-4,6,8-13H2,(H,20,24)/t16-,17-/m0/s1. The van der Waals surface area contributed by atoms with Gasteiger partial charge in [-0.3, -0.25) is 14.6 Å². The van der Waals surface area contributed by atoms with E-state index in [1.807, 2.05) is 0 Å². The van der Waals surface area contributed by atoms with Crippen LogP contribution in [0, 0.1) is 0 Å². The Balaban J connectivity index is 1.46. The van der Waals surface area contributed by atoms with Crippen molar-refractivity contribution in [3.63, 3.8) is 0 Å². The van der Waals surface area contributed by atoms with Crippen LogP contribution in [0.1, 0.15) is 42.7 Å². The third kappa shape index (κ3) is 2.81. The van der Waals surface area contributed by atoms with Crippen LogP contribution < -0.4 is 5.32 Å². The first-order valence-electron chi connectivity index (χ1n) is 9.14. The second kappa shape index (κ2) is 6.55. The van der Waals surface area contributed by atoms with Gasteiger partial charge in [0.2, 0.25) is 5.91 Å². The second-order valence-corrected chi connectivity index (χ2v) is 7.15. The highest BCUT2D eigenvalue weighted by molar-refractivity contribution is 6.01. The topological polar surface area (TPSA) is 52.7 Å². The number of carbonyl (C=O) groups is 2. The zero-order chi connectivity index (χ0) is 16.5. The highest BCUT2D eigenvalue weighted by atomic mass is 16.2. The molecule has 2 atom stereocenters. The molecule has 0 bridgehead atoms. The van der Waals surface area contributed by atoms with Crippen LogP contribution in [0.25, 0.3) is 0 Å². The van der Waals surface area contributed by atoms with E-state index in [4.69, 9.17) is 0 Å². The Labute approximate surface area is 143 Å². The summed E-state index contributed by atoms with van der Waals surface area (Å²) in [4.78, 5) is 27.3. The van der Waals surface area contributed by atoms with Crippen molar-refractivity contribution in [3.05, 3.63) is 35.4 Å². The van der Waals surface area contributed by atoms with Crippen molar-refractivity contribution in [1.29, 1.82) is 0 Å². The number of carbonyl (C=O) groups excluding carboxylic acids is 2. The molecule has 5 nitrogen and oxygen atoms in total. The molecule has 2 saturated heterocycles. The molecular weight excluding hydrogens is 302 g/mol. The van der Waals surface area contributed by atoms with Gasteiger partial charge in [-0.1, -0.05) is 24.3 Å². The zero-order valence-electron chi connectivity index (χ0n) is 14.0. The van der Waals surface area contributed by atoms with Crippen molar-refractivity contribution < 1.29 is 9.59 Å². The van der Waals surface area contributed by atoms with E-state index in [2.05, 4.69) is 34.5 Å². The SMILES string of the molecule is O=C1CNC(=O)N1CCN1CCC[C@H]1[C@H]1CCCc2ccccc21. The summed E-state index contributed by atoms with van der Waals surface area (Å²) < 4.78 is 0. The maximum absolute atomic E-state index is 11.8. The summed E-state index contributed by atoms with van der Waals surface area (Å²) in [7, 11) is 0. The summed E-state index contributed by atoms with van der Waals surface area (Å²) in [6.07, 6.45) is 6.14. The molecule has 2 aliphatic heterocycles. The van der Waals surface area contributed by atoms with E-state index in [1.54, 1.807) is 0 Å². The largest absolute Gasteiger partial charge is 0.329 e. The second-order valence-electron chi connectivity index (χ2n) is 7.15. The van der Waals surface area contributed by atoms with Crippen LogP contribution >= 0.6 is 0 Å². The Morgan fingerprint density at radius 2 is 1.96 bits per heavy atom. The van der Waals surface area contributed by atoms with E-state index in [0.717, 1.165) is 13.1 Å². The Morgan fingerprint density at radius 3 is 2.79 bits per heavy atom. The normalized spacial score (nSPS) is 27.4. The smallest absolute Gasteiger partial charge is 0.324 e. The number of imide groups is 1. The number of amides is 3. The monoisotopic (exact) mass is 327 g/mol. The third-order valence-electron chi connectivity index (χ3n) is 5.84. The number of hydrogen-bond donors (Lipinski definition) is 1. The molecule has 0 aromatic heterocycles. The molecule has 0 unspecified atom stereocenters. The van der Waals surface area contributed by atoms with Crippen molar-refractivity contribution in [2.45, 2.75) is 44.1 Å². The molecule has 2 heterocycles. The predicted octanol–water partition coefficient (Wildman–Crippen LogP) is 2.12.